The normalized spacial score (nSPS) is 10.9. The van der Waals surface area contributed by atoms with Crippen LogP contribution in [0.25, 0.3) is 16.9 Å². The number of rotatable bonds is 8. The van der Waals surface area contributed by atoms with Gasteiger partial charge in [-0.05, 0) is 36.1 Å². The van der Waals surface area contributed by atoms with E-state index in [4.69, 9.17) is 4.74 Å². The fourth-order valence-electron chi connectivity index (χ4n) is 3.84. The van der Waals surface area contributed by atoms with Gasteiger partial charge in [0.05, 0.1) is 24.5 Å². The molecule has 4 rings (SSSR count). The molecule has 174 valence electrons. The van der Waals surface area contributed by atoms with E-state index in [0.29, 0.717) is 28.3 Å². The second-order valence-electron chi connectivity index (χ2n) is 7.48. The smallest absolute Gasteiger partial charge is 0.359 e. The zero-order chi connectivity index (χ0) is 24.2. The van der Waals surface area contributed by atoms with Crippen LogP contribution in [-0.2, 0) is 17.7 Å². The molecule has 2 aromatic heterocycles. The minimum absolute atomic E-state index is 0.0744. The molecule has 0 N–H and O–H groups in total. The van der Waals surface area contributed by atoms with E-state index in [9.17, 15) is 19.3 Å². The van der Waals surface area contributed by atoms with Gasteiger partial charge in [0.1, 0.15) is 12.0 Å². The number of esters is 1. The maximum atomic E-state index is 14.2. The molecule has 0 bridgehead atoms. The molecule has 0 aliphatic heterocycles. The van der Waals surface area contributed by atoms with Crippen molar-refractivity contribution in [2.24, 2.45) is 0 Å². The Kier molecular flexibility index (Phi) is 6.48. The summed E-state index contributed by atoms with van der Waals surface area (Å²) in [5.74, 6) is -0.755. The Hall–Kier alpha value is -4.34. The fraction of sp³-hybridized carbons (Fsp3) is 0.208. The molecule has 0 atom stereocenters. The van der Waals surface area contributed by atoms with Crippen molar-refractivity contribution >= 4 is 11.8 Å². The first kappa shape index (κ1) is 22.8. The van der Waals surface area contributed by atoms with E-state index in [1.807, 2.05) is 30.3 Å². The fourth-order valence-corrected chi connectivity index (χ4v) is 3.84. The molecule has 0 aliphatic carbocycles. The molecule has 0 radical (unpaired) electrons. The van der Waals surface area contributed by atoms with Gasteiger partial charge in [0, 0.05) is 24.5 Å². The van der Waals surface area contributed by atoms with Gasteiger partial charge in [-0.25, -0.2) is 23.4 Å². The third-order valence-electron chi connectivity index (χ3n) is 5.36. The summed E-state index contributed by atoms with van der Waals surface area (Å²) in [5.41, 5.74) is 2.26. The number of carbonyl (C=O) groups excluding carboxylic acids is 1. The van der Waals surface area contributed by atoms with E-state index >= 15 is 0 Å². The van der Waals surface area contributed by atoms with Gasteiger partial charge < -0.3 is 14.9 Å². The van der Waals surface area contributed by atoms with E-state index in [2.05, 4.69) is 10.1 Å². The van der Waals surface area contributed by atoms with Crippen LogP contribution >= 0.6 is 0 Å². The summed E-state index contributed by atoms with van der Waals surface area (Å²) < 4.78 is 22.5. The van der Waals surface area contributed by atoms with Crippen molar-refractivity contribution in [1.29, 1.82) is 0 Å². The molecule has 34 heavy (non-hydrogen) atoms. The van der Waals surface area contributed by atoms with E-state index < -0.39 is 16.7 Å². The Balaban J connectivity index is 1.91. The number of aryl methyl sites for hydroxylation is 1. The summed E-state index contributed by atoms with van der Waals surface area (Å²) in [6, 6.07) is 15.1. The van der Waals surface area contributed by atoms with Crippen molar-refractivity contribution in [3.63, 3.8) is 0 Å². The summed E-state index contributed by atoms with van der Waals surface area (Å²) in [6.45, 7) is 3.67. The number of halogens is 1. The SMILES string of the molecule is CCOC(=O)c1nn(-c2ccccc2)c(-c2cccc(F)c2)c1CCn1c([N+](=O)[O-])cnc1C. The number of para-hydroxylation sites is 1. The van der Waals surface area contributed by atoms with Gasteiger partial charge in [-0.1, -0.05) is 30.3 Å². The second kappa shape index (κ2) is 9.65. The van der Waals surface area contributed by atoms with Gasteiger partial charge in [-0.3, -0.25) is 0 Å². The van der Waals surface area contributed by atoms with Gasteiger partial charge in [0.15, 0.2) is 11.5 Å². The average Bonchev–Trinajstić information content (AvgIpc) is 3.39. The van der Waals surface area contributed by atoms with Crippen molar-refractivity contribution in [2.45, 2.75) is 26.8 Å². The zero-order valence-electron chi connectivity index (χ0n) is 18.6. The molecule has 2 heterocycles. The minimum atomic E-state index is -0.623. The molecule has 0 amide bonds. The van der Waals surface area contributed by atoms with Crippen LogP contribution in [0.5, 0.6) is 0 Å². The summed E-state index contributed by atoms with van der Waals surface area (Å²) in [7, 11) is 0. The predicted molar refractivity (Wildman–Crippen MR) is 122 cm³/mol. The quantitative estimate of drug-likeness (QED) is 0.216. The lowest BCUT2D eigenvalue weighted by Crippen LogP contribution is -2.12. The highest BCUT2D eigenvalue weighted by Gasteiger charge is 2.27. The van der Waals surface area contributed by atoms with Crippen LogP contribution in [0.4, 0.5) is 10.2 Å². The Bertz CT molecular complexity index is 1350. The number of ether oxygens (including phenoxy) is 1. The van der Waals surface area contributed by atoms with Crippen molar-refractivity contribution in [1.82, 2.24) is 19.3 Å². The first-order valence-corrected chi connectivity index (χ1v) is 10.7. The van der Waals surface area contributed by atoms with Crippen LogP contribution in [0, 0.1) is 22.9 Å². The summed E-state index contributed by atoms with van der Waals surface area (Å²) in [6.07, 6.45) is 1.40. The van der Waals surface area contributed by atoms with Crippen LogP contribution in [-0.4, -0.2) is 36.8 Å². The van der Waals surface area contributed by atoms with E-state index in [0.717, 1.165) is 0 Å². The largest absolute Gasteiger partial charge is 0.461 e. The van der Waals surface area contributed by atoms with Gasteiger partial charge in [0.2, 0.25) is 0 Å². The maximum absolute atomic E-state index is 14.2. The molecule has 10 heteroatoms. The van der Waals surface area contributed by atoms with E-state index in [-0.39, 0.29) is 31.1 Å². The third-order valence-corrected chi connectivity index (χ3v) is 5.36. The molecule has 2 aromatic carbocycles. The molecule has 0 aliphatic rings. The summed E-state index contributed by atoms with van der Waals surface area (Å²) >= 11 is 0. The second-order valence-corrected chi connectivity index (χ2v) is 7.48. The number of aromatic nitrogens is 4. The van der Waals surface area contributed by atoms with Crippen LogP contribution in [0.1, 0.15) is 28.8 Å². The van der Waals surface area contributed by atoms with Crippen LogP contribution < -0.4 is 0 Å². The van der Waals surface area contributed by atoms with Gasteiger partial charge >= 0.3 is 11.8 Å². The van der Waals surface area contributed by atoms with Crippen LogP contribution in [0.2, 0.25) is 0 Å². The highest BCUT2D eigenvalue weighted by molar-refractivity contribution is 5.91. The highest BCUT2D eigenvalue weighted by Crippen LogP contribution is 2.31. The number of nitro groups is 1. The average molecular weight is 463 g/mol. The van der Waals surface area contributed by atoms with Crippen molar-refractivity contribution in [3.05, 3.63) is 93.8 Å². The molecular formula is C24H22FN5O4. The third kappa shape index (κ3) is 4.42. The predicted octanol–water partition coefficient (Wildman–Crippen LogP) is 4.51. The molecule has 0 saturated carbocycles. The lowest BCUT2D eigenvalue weighted by molar-refractivity contribution is -0.392. The standard InChI is InChI=1S/C24H22FN5O4/c1-3-34-24(31)22-20(12-13-28-16(2)26-15-21(28)30(32)33)23(17-8-7-9-18(25)14-17)29(27-22)19-10-5-4-6-11-19/h4-11,14-15H,3,12-13H2,1-2H3. The Morgan fingerprint density at radius 1 is 1.18 bits per heavy atom. The Morgan fingerprint density at radius 3 is 2.62 bits per heavy atom. The first-order valence-electron chi connectivity index (χ1n) is 10.7. The minimum Gasteiger partial charge on any atom is -0.461 e. The van der Waals surface area contributed by atoms with Gasteiger partial charge in [-0.2, -0.15) is 5.10 Å². The van der Waals surface area contributed by atoms with Gasteiger partial charge in [-0.15, -0.1) is 0 Å². The number of hydrogen-bond donors (Lipinski definition) is 0. The lowest BCUT2D eigenvalue weighted by Gasteiger charge is -2.11. The number of imidazole rings is 1. The number of carbonyl (C=O) groups is 1. The van der Waals surface area contributed by atoms with E-state index in [1.54, 1.807) is 30.7 Å². The molecule has 0 saturated heterocycles. The number of benzene rings is 2. The summed E-state index contributed by atoms with van der Waals surface area (Å²) in [4.78, 5) is 27.8. The lowest BCUT2D eigenvalue weighted by atomic mass is 10.0. The topological polar surface area (TPSA) is 105 Å². The molecule has 4 aromatic rings. The number of nitrogens with zero attached hydrogens (tertiary/aromatic N) is 5. The Morgan fingerprint density at radius 2 is 1.94 bits per heavy atom. The van der Waals surface area contributed by atoms with Crippen molar-refractivity contribution in [2.75, 3.05) is 6.61 Å². The van der Waals surface area contributed by atoms with Crippen molar-refractivity contribution < 1.29 is 18.8 Å². The Labute approximate surface area is 194 Å². The molecule has 0 spiro atoms. The van der Waals surface area contributed by atoms with Crippen LogP contribution in [0.15, 0.2) is 60.8 Å². The molecule has 0 unspecified atom stereocenters. The summed E-state index contributed by atoms with van der Waals surface area (Å²) in [5, 5.41) is 16.0. The first-order chi connectivity index (χ1) is 16.4. The molecule has 0 fully saturated rings. The number of hydrogen-bond acceptors (Lipinski definition) is 6. The van der Waals surface area contributed by atoms with Gasteiger partial charge in [0.25, 0.3) is 0 Å². The maximum Gasteiger partial charge on any atom is 0.359 e. The van der Waals surface area contributed by atoms with E-state index in [1.165, 1.54) is 22.9 Å². The van der Waals surface area contributed by atoms with Crippen LogP contribution in [0.3, 0.4) is 0 Å². The van der Waals surface area contributed by atoms with Crippen molar-refractivity contribution in [3.8, 4) is 16.9 Å². The molecule has 9 nitrogen and oxygen atoms in total. The highest BCUT2D eigenvalue weighted by atomic mass is 19.1. The monoisotopic (exact) mass is 463 g/mol. The molecular weight excluding hydrogens is 441 g/mol. The zero-order valence-corrected chi connectivity index (χ0v) is 18.6.